The lowest BCUT2D eigenvalue weighted by atomic mass is 10.0. The zero-order chi connectivity index (χ0) is 17.1. The lowest BCUT2D eigenvalue weighted by Crippen LogP contribution is -2.00. The van der Waals surface area contributed by atoms with Crippen LogP contribution in [-0.4, -0.2) is 16.1 Å². The first kappa shape index (κ1) is 16.5. The Kier molecular flexibility index (Phi) is 4.81. The summed E-state index contributed by atoms with van der Waals surface area (Å²) in [5.41, 5.74) is 3.70. The molecule has 0 aliphatic carbocycles. The van der Waals surface area contributed by atoms with E-state index in [1.165, 1.54) is 12.0 Å². The first-order valence-corrected chi connectivity index (χ1v) is 8.39. The van der Waals surface area contributed by atoms with Crippen LogP contribution in [0.25, 0.3) is 22.2 Å². The molecular weight excluding hydrogens is 322 g/mol. The highest BCUT2D eigenvalue weighted by Crippen LogP contribution is 2.27. The summed E-state index contributed by atoms with van der Waals surface area (Å²) in [6, 6.07) is 14.9. The molecule has 1 aromatic heterocycles. The van der Waals surface area contributed by atoms with E-state index >= 15 is 0 Å². The van der Waals surface area contributed by atoms with E-state index in [9.17, 15) is 9.90 Å². The highest BCUT2D eigenvalue weighted by atomic mass is 35.5. The lowest BCUT2D eigenvalue weighted by molar-refractivity contribution is 0.0699. The molecular formula is C20H18ClNO2. The van der Waals surface area contributed by atoms with Crippen LogP contribution in [0.2, 0.25) is 5.02 Å². The van der Waals surface area contributed by atoms with Gasteiger partial charge in [-0.1, -0.05) is 49.2 Å². The number of aromatic carboxylic acids is 1. The molecule has 0 bridgehead atoms. The van der Waals surface area contributed by atoms with E-state index < -0.39 is 5.97 Å². The van der Waals surface area contributed by atoms with Crippen molar-refractivity contribution in [2.24, 2.45) is 0 Å². The average molecular weight is 340 g/mol. The summed E-state index contributed by atoms with van der Waals surface area (Å²) >= 11 is 5.99. The molecule has 0 saturated heterocycles. The van der Waals surface area contributed by atoms with Gasteiger partial charge < -0.3 is 5.11 Å². The first-order chi connectivity index (χ1) is 11.6. The molecule has 0 aliphatic rings. The molecule has 0 radical (unpaired) electrons. The minimum absolute atomic E-state index is 0.215. The van der Waals surface area contributed by atoms with Crippen LogP contribution in [0.15, 0.2) is 48.5 Å². The van der Waals surface area contributed by atoms with Gasteiger partial charge in [0.1, 0.15) is 0 Å². The van der Waals surface area contributed by atoms with Crippen LogP contribution in [0.1, 0.15) is 35.7 Å². The number of rotatable bonds is 5. The highest BCUT2D eigenvalue weighted by molar-refractivity contribution is 6.31. The van der Waals surface area contributed by atoms with Gasteiger partial charge in [-0.05, 0) is 42.7 Å². The number of nitrogens with zero attached hydrogens (tertiary/aromatic N) is 1. The number of hydrogen-bond donors (Lipinski definition) is 1. The maximum atomic E-state index is 11.6. The van der Waals surface area contributed by atoms with Gasteiger partial charge in [0, 0.05) is 16.0 Å². The van der Waals surface area contributed by atoms with Crippen LogP contribution in [0.3, 0.4) is 0 Å². The van der Waals surface area contributed by atoms with Crippen molar-refractivity contribution in [1.29, 1.82) is 0 Å². The van der Waals surface area contributed by atoms with Crippen LogP contribution in [0.4, 0.5) is 0 Å². The number of carbonyl (C=O) groups is 1. The fourth-order valence-electron chi connectivity index (χ4n) is 2.75. The number of aromatic nitrogens is 1. The Hall–Kier alpha value is -2.39. The Labute approximate surface area is 145 Å². The van der Waals surface area contributed by atoms with Gasteiger partial charge in [0.05, 0.1) is 16.8 Å². The number of unbranched alkanes of at least 4 members (excludes halogenated alkanes) is 1. The monoisotopic (exact) mass is 339 g/mol. The average Bonchev–Trinajstić information content (AvgIpc) is 2.59. The van der Waals surface area contributed by atoms with E-state index in [1.807, 2.05) is 12.1 Å². The molecule has 0 saturated carbocycles. The number of benzene rings is 2. The summed E-state index contributed by atoms with van der Waals surface area (Å²) < 4.78 is 0. The second kappa shape index (κ2) is 7.02. The molecule has 0 spiro atoms. The Morgan fingerprint density at radius 2 is 1.88 bits per heavy atom. The fraction of sp³-hybridized carbons (Fsp3) is 0.200. The molecule has 0 aliphatic heterocycles. The number of aryl methyl sites for hydroxylation is 1. The van der Waals surface area contributed by atoms with Crippen molar-refractivity contribution in [2.75, 3.05) is 0 Å². The molecule has 0 atom stereocenters. The first-order valence-electron chi connectivity index (χ1n) is 8.01. The quantitative estimate of drug-likeness (QED) is 0.658. The Balaban J connectivity index is 2.06. The third-order valence-electron chi connectivity index (χ3n) is 4.07. The predicted molar refractivity (Wildman–Crippen MR) is 97.8 cm³/mol. The van der Waals surface area contributed by atoms with E-state index in [-0.39, 0.29) is 5.56 Å². The third-order valence-corrected chi connectivity index (χ3v) is 4.30. The predicted octanol–water partition coefficient (Wildman–Crippen LogP) is 5.60. The van der Waals surface area contributed by atoms with Crippen LogP contribution >= 0.6 is 11.6 Å². The van der Waals surface area contributed by atoms with Gasteiger partial charge in [0.15, 0.2) is 0 Å². The minimum Gasteiger partial charge on any atom is -0.478 e. The highest BCUT2D eigenvalue weighted by Gasteiger charge is 2.13. The number of carboxylic acids is 1. The van der Waals surface area contributed by atoms with Crippen LogP contribution < -0.4 is 0 Å². The maximum absolute atomic E-state index is 11.6. The SMILES string of the molecule is CCCCc1ccc(-c2cc(C(=O)O)c3cc(Cl)ccc3n2)cc1. The van der Waals surface area contributed by atoms with Crippen molar-refractivity contribution in [3.63, 3.8) is 0 Å². The van der Waals surface area contributed by atoms with Crippen molar-refractivity contribution >= 4 is 28.5 Å². The van der Waals surface area contributed by atoms with Gasteiger partial charge in [-0.3, -0.25) is 0 Å². The Morgan fingerprint density at radius 1 is 1.12 bits per heavy atom. The Morgan fingerprint density at radius 3 is 2.54 bits per heavy atom. The van der Waals surface area contributed by atoms with Crippen LogP contribution in [0, 0.1) is 0 Å². The summed E-state index contributed by atoms with van der Waals surface area (Å²) in [5.74, 6) is -0.981. The molecule has 1 N–H and O–H groups in total. The second-order valence-corrected chi connectivity index (χ2v) is 6.26. The minimum atomic E-state index is -0.981. The largest absolute Gasteiger partial charge is 0.478 e. The molecule has 3 aromatic rings. The smallest absolute Gasteiger partial charge is 0.336 e. The maximum Gasteiger partial charge on any atom is 0.336 e. The standard InChI is InChI=1S/C20H18ClNO2/c1-2-3-4-13-5-7-14(8-6-13)19-12-17(20(23)24)16-11-15(21)9-10-18(16)22-19/h5-12H,2-4H2,1H3,(H,23,24). The van der Waals surface area contributed by atoms with E-state index in [1.54, 1.807) is 24.3 Å². The lowest BCUT2D eigenvalue weighted by Gasteiger charge is -2.08. The third kappa shape index (κ3) is 3.41. The molecule has 2 aromatic carbocycles. The van der Waals surface area contributed by atoms with Gasteiger partial charge in [-0.2, -0.15) is 0 Å². The topological polar surface area (TPSA) is 50.2 Å². The van der Waals surface area contributed by atoms with E-state index in [0.29, 0.717) is 21.6 Å². The number of halogens is 1. The number of pyridine rings is 1. The summed E-state index contributed by atoms with van der Waals surface area (Å²) in [6.45, 7) is 2.17. The van der Waals surface area contributed by atoms with Gasteiger partial charge in [0.2, 0.25) is 0 Å². The molecule has 0 unspecified atom stereocenters. The Bertz CT molecular complexity index is 888. The molecule has 0 amide bonds. The molecule has 24 heavy (non-hydrogen) atoms. The normalized spacial score (nSPS) is 10.9. The summed E-state index contributed by atoms with van der Waals surface area (Å²) in [4.78, 5) is 16.2. The summed E-state index contributed by atoms with van der Waals surface area (Å²) in [6.07, 6.45) is 3.39. The van der Waals surface area contributed by atoms with Crippen LogP contribution in [0.5, 0.6) is 0 Å². The van der Waals surface area contributed by atoms with E-state index in [4.69, 9.17) is 11.6 Å². The molecule has 122 valence electrons. The molecule has 4 heteroatoms. The van der Waals surface area contributed by atoms with Gasteiger partial charge in [-0.25, -0.2) is 9.78 Å². The van der Waals surface area contributed by atoms with Crippen molar-refractivity contribution in [2.45, 2.75) is 26.2 Å². The summed E-state index contributed by atoms with van der Waals surface area (Å²) in [5, 5.41) is 10.6. The summed E-state index contributed by atoms with van der Waals surface area (Å²) in [7, 11) is 0. The van der Waals surface area contributed by atoms with Crippen LogP contribution in [-0.2, 0) is 6.42 Å². The van der Waals surface area contributed by atoms with Gasteiger partial charge in [0.25, 0.3) is 0 Å². The number of fused-ring (bicyclic) bond motifs is 1. The molecule has 1 heterocycles. The van der Waals surface area contributed by atoms with Crippen molar-refractivity contribution in [1.82, 2.24) is 4.98 Å². The molecule has 3 nitrogen and oxygen atoms in total. The van der Waals surface area contributed by atoms with Crippen molar-refractivity contribution in [3.05, 3.63) is 64.7 Å². The van der Waals surface area contributed by atoms with Crippen molar-refractivity contribution in [3.8, 4) is 11.3 Å². The van der Waals surface area contributed by atoms with E-state index in [2.05, 4.69) is 24.0 Å². The zero-order valence-electron chi connectivity index (χ0n) is 13.4. The number of hydrogen-bond acceptors (Lipinski definition) is 2. The molecule has 0 fully saturated rings. The molecule has 3 rings (SSSR count). The van der Waals surface area contributed by atoms with Crippen molar-refractivity contribution < 1.29 is 9.90 Å². The van der Waals surface area contributed by atoms with Gasteiger partial charge in [-0.15, -0.1) is 0 Å². The number of carboxylic acid groups (broad SMARTS) is 1. The zero-order valence-corrected chi connectivity index (χ0v) is 14.2. The fourth-order valence-corrected chi connectivity index (χ4v) is 2.92. The van der Waals surface area contributed by atoms with Gasteiger partial charge >= 0.3 is 5.97 Å². The van der Waals surface area contributed by atoms with E-state index in [0.717, 1.165) is 18.4 Å². The second-order valence-electron chi connectivity index (χ2n) is 5.82.